The van der Waals surface area contributed by atoms with Crippen molar-refractivity contribution in [3.05, 3.63) is 11.6 Å². The van der Waals surface area contributed by atoms with E-state index in [1.165, 1.54) is 31.3 Å². The van der Waals surface area contributed by atoms with E-state index in [0.717, 1.165) is 44.1 Å². The molecule has 84 valence electrons. The van der Waals surface area contributed by atoms with Gasteiger partial charge in [0, 0.05) is 12.6 Å². The first-order chi connectivity index (χ1) is 7.43. The molecule has 0 saturated heterocycles. The highest BCUT2D eigenvalue weighted by atomic mass is 16.5. The maximum Gasteiger partial charge on any atom is 0.0689 e. The van der Waals surface area contributed by atoms with Gasteiger partial charge in [0.25, 0.3) is 0 Å². The fourth-order valence-electron chi connectivity index (χ4n) is 2.61. The van der Waals surface area contributed by atoms with Crippen molar-refractivity contribution >= 4 is 0 Å². The fraction of sp³-hybridized carbons (Fsp3) is 0.846. The number of hydrogen-bond acceptors (Lipinski definition) is 2. The molecule has 2 fully saturated rings. The highest BCUT2D eigenvalue weighted by molar-refractivity contribution is 5.08. The van der Waals surface area contributed by atoms with Gasteiger partial charge >= 0.3 is 0 Å². The third-order valence-corrected chi connectivity index (χ3v) is 3.81. The second-order valence-electron chi connectivity index (χ2n) is 5.29. The van der Waals surface area contributed by atoms with Crippen molar-refractivity contribution in [2.45, 2.75) is 38.1 Å². The topological polar surface area (TPSA) is 21.3 Å². The molecule has 1 heterocycles. The molecule has 3 aliphatic rings. The molecule has 0 aromatic carbocycles. The summed E-state index contributed by atoms with van der Waals surface area (Å²) in [6.07, 6.45) is 9.31. The van der Waals surface area contributed by atoms with Gasteiger partial charge in [-0.25, -0.2) is 0 Å². The maximum absolute atomic E-state index is 5.46. The van der Waals surface area contributed by atoms with Crippen molar-refractivity contribution in [3.63, 3.8) is 0 Å². The van der Waals surface area contributed by atoms with Crippen LogP contribution in [0.2, 0.25) is 0 Å². The van der Waals surface area contributed by atoms with E-state index in [1.54, 1.807) is 0 Å². The first-order valence-electron chi connectivity index (χ1n) is 6.42. The summed E-state index contributed by atoms with van der Waals surface area (Å²) in [5, 5.41) is 3.77. The molecule has 0 unspecified atom stereocenters. The summed E-state index contributed by atoms with van der Waals surface area (Å²) >= 11 is 0. The van der Waals surface area contributed by atoms with Crippen LogP contribution in [0.25, 0.3) is 0 Å². The van der Waals surface area contributed by atoms with Crippen molar-refractivity contribution in [1.82, 2.24) is 5.32 Å². The summed E-state index contributed by atoms with van der Waals surface area (Å²) < 4.78 is 5.46. The molecule has 2 aliphatic carbocycles. The molecule has 2 nitrogen and oxygen atoms in total. The van der Waals surface area contributed by atoms with E-state index in [2.05, 4.69) is 11.4 Å². The van der Waals surface area contributed by atoms with Crippen LogP contribution in [0.15, 0.2) is 11.6 Å². The van der Waals surface area contributed by atoms with Gasteiger partial charge in [0.05, 0.1) is 13.2 Å². The highest BCUT2D eigenvalue weighted by Crippen LogP contribution is 2.44. The van der Waals surface area contributed by atoms with Gasteiger partial charge in [-0.1, -0.05) is 6.08 Å². The number of ether oxygens (including phenoxy) is 1. The lowest BCUT2D eigenvalue weighted by Crippen LogP contribution is -2.35. The number of hydrogen-bond donors (Lipinski definition) is 1. The van der Waals surface area contributed by atoms with Crippen molar-refractivity contribution in [3.8, 4) is 0 Å². The first-order valence-corrected chi connectivity index (χ1v) is 6.42. The van der Waals surface area contributed by atoms with Crippen LogP contribution in [0, 0.1) is 11.8 Å². The highest BCUT2D eigenvalue weighted by Gasteiger charge is 2.40. The van der Waals surface area contributed by atoms with Crippen LogP contribution in [0.3, 0.4) is 0 Å². The Morgan fingerprint density at radius 1 is 1.27 bits per heavy atom. The molecular formula is C13H21NO. The summed E-state index contributed by atoms with van der Waals surface area (Å²) in [6.45, 7) is 2.84. The standard InChI is InChI=1S/C13H21NO/c1-2-10(9-15-7-1)8-14-13(11-3-4-11)12-5-6-12/h2,11-14H,1,3-9H2. The van der Waals surface area contributed by atoms with Crippen LogP contribution in [0.5, 0.6) is 0 Å². The minimum Gasteiger partial charge on any atom is -0.377 e. The third kappa shape index (κ3) is 2.61. The molecule has 1 N–H and O–H groups in total. The molecule has 3 rings (SSSR count). The lowest BCUT2D eigenvalue weighted by atomic mass is 10.1. The van der Waals surface area contributed by atoms with Crippen molar-refractivity contribution < 1.29 is 4.74 Å². The summed E-state index contributed by atoms with van der Waals surface area (Å²) in [5.41, 5.74) is 1.47. The van der Waals surface area contributed by atoms with Crippen LogP contribution in [-0.4, -0.2) is 25.8 Å². The Bertz CT molecular complexity index is 241. The summed E-state index contributed by atoms with van der Waals surface area (Å²) in [6, 6.07) is 0.827. The Morgan fingerprint density at radius 2 is 2.00 bits per heavy atom. The molecular weight excluding hydrogens is 186 g/mol. The maximum atomic E-state index is 5.46. The lowest BCUT2D eigenvalue weighted by Gasteiger charge is -2.20. The quantitative estimate of drug-likeness (QED) is 0.697. The predicted octanol–water partition coefficient (Wildman–Crippen LogP) is 2.11. The normalized spacial score (nSPS) is 26.9. The molecule has 15 heavy (non-hydrogen) atoms. The zero-order chi connectivity index (χ0) is 10.1. The van der Waals surface area contributed by atoms with Gasteiger partial charge in [-0.15, -0.1) is 0 Å². The van der Waals surface area contributed by atoms with Crippen LogP contribution in [0.4, 0.5) is 0 Å². The van der Waals surface area contributed by atoms with E-state index in [9.17, 15) is 0 Å². The van der Waals surface area contributed by atoms with Crippen molar-refractivity contribution in [2.24, 2.45) is 11.8 Å². The SMILES string of the molecule is C1=C(CNC(C2CC2)C2CC2)COCC1. The third-order valence-electron chi connectivity index (χ3n) is 3.81. The Balaban J connectivity index is 1.48. The van der Waals surface area contributed by atoms with Gasteiger partial charge in [-0.2, -0.15) is 0 Å². The Hall–Kier alpha value is -0.340. The van der Waals surface area contributed by atoms with E-state index in [1.807, 2.05) is 0 Å². The van der Waals surface area contributed by atoms with E-state index < -0.39 is 0 Å². The molecule has 0 aromatic rings. The van der Waals surface area contributed by atoms with Gasteiger partial charge in [0.15, 0.2) is 0 Å². The predicted molar refractivity (Wildman–Crippen MR) is 60.8 cm³/mol. The molecule has 1 aliphatic heterocycles. The molecule has 0 aromatic heterocycles. The zero-order valence-corrected chi connectivity index (χ0v) is 9.37. The Kier molecular flexibility index (Phi) is 2.80. The fourth-order valence-corrected chi connectivity index (χ4v) is 2.61. The average molecular weight is 207 g/mol. The molecule has 0 spiro atoms. The molecule has 0 atom stereocenters. The zero-order valence-electron chi connectivity index (χ0n) is 9.37. The van der Waals surface area contributed by atoms with E-state index in [-0.39, 0.29) is 0 Å². The summed E-state index contributed by atoms with van der Waals surface area (Å²) in [5.74, 6) is 2.00. The van der Waals surface area contributed by atoms with E-state index in [4.69, 9.17) is 4.74 Å². The van der Waals surface area contributed by atoms with Gasteiger partial charge in [0.2, 0.25) is 0 Å². The Labute approximate surface area is 92.1 Å². The smallest absolute Gasteiger partial charge is 0.0689 e. The van der Waals surface area contributed by atoms with E-state index >= 15 is 0 Å². The van der Waals surface area contributed by atoms with Gasteiger partial charge in [-0.05, 0) is 49.5 Å². The lowest BCUT2D eigenvalue weighted by molar-refractivity contribution is 0.148. The largest absolute Gasteiger partial charge is 0.377 e. The van der Waals surface area contributed by atoms with Gasteiger partial charge in [0.1, 0.15) is 0 Å². The summed E-state index contributed by atoms with van der Waals surface area (Å²) in [7, 11) is 0. The minimum atomic E-state index is 0.827. The average Bonchev–Trinajstić information content (AvgIpc) is 3.14. The van der Waals surface area contributed by atoms with Crippen LogP contribution < -0.4 is 5.32 Å². The second kappa shape index (κ2) is 4.26. The Morgan fingerprint density at radius 3 is 2.53 bits per heavy atom. The van der Waals surface area contributed by atoms with Crippen LogP contribution in [-0.2, 0) is 4.74 Å². The van der Waals surface area contributed by atoms with Crippen molar-refractivity contribution in [2.75, 3.05) is 19.8 Å². The van der Waals surface area contributed by atoms with Gasteiger partial charge in [-0.3, -0.25) is 0 Å². The van der Waals surface area contributed by atoms with Crippen LogP contribution >= 0.6 is 0 Å². The van der Waals surface area contributed by atoms with E-state index in [0.29, 0.717) is 0 Å². The van der Waals surface area contributed by atoms with Gasteiger partial charge < -0.3 is 10.1 Å². The minimum absolute atomic E-state index is 0.827. The number of nitrogens with one attached hydrogen (secondary N) is 1. The second-order valence-corrected chi connectivity index (χ2v) is 5.29. The molecule has 0 amide bonds. The number of rotatable bonds is 5. The first kappa shape index (κ1) is 9.86. The summed E-state index contributed by atoms with van der Waals surface area (Å²) in [4.78, 5) is 0. The monoisotopic (exact) mass is 207 g/mol. The molecule has 0 radical (unpaired) electrons. The molecule has 2 saturated carbocycles. The van der Waals surface area contributed by atoms with Crippen molar-refractivity contribution in [1.29, 1.82) is 0 Å². The molecule has 2 heteroatoms. The molecule has 0 bridgehead atoms. The van der Waals surface area contributed by atoms with Crippen LogP contribution in [0.1, 0.15) is 32.1 Å².